The number of hydrogen-bond acceptors (Lipinski definition) is 4. The van der Waals surface area contributed by atoms with E-state index >= 15 is 0 Å². The highest BCUT2D eigenvalue weighted by Crippen LogP contribution is 2.38. The molecule has 0 spiro atoms. The predicted octanol–water partition coefficient (Wildman–Crippen LogP) is 3.18. The average molecular weight is 462 g/mol. The van der Waals surface area contributed by atoms with Crippen LogP contribution in [0.4, 0.5) is 5.69 Å². The van der Waals surface area contributed by atoms with Gasteiger partial charge in [0.05, 0.1) is 11.4 Å². The molecule has 176 valence electrons. The van der Waals surface area contributed by atoms with E-state index in [4.69, 9.17) is 0 Å². The van der Waals surface area contributed by atoms with E-state index < -0.39 is 10.0 Å². The van der Waals surface area contributed by atoms with Crippen molar-refractivity contribution in [3.8, 4) is 0 Å². The number of benzene rings is 1. The highest BCUT2D eigenvalue weighted by atomic mass is 32.2. The topological polar surface area (TPSA) is 78.0 Å². The number of fused-ring (bicyclic) bond motifs is 1. The zero-order valence-electron chi connectivity index (χ0n) is 19.4. The molecule has 1 aromatic rings. The van der Waals surface area contributed by atoms with Crippen molar-refractivity contribution in [2.24, 2.45) is 5.92 Å². The monoisotopic (exact) mass is 461 g/mol. The van der Waals surface area contributed by atoms with Gasteiger partial charge in [-0.05, 0) is 62.8 Å². The average Bonchev–Trinajstić information content (AvgIpc) is 3.07. The molecule has 2 amide bonds. The zero-order valence-corrected chi connectivity index (χ0v) is 20.2. The van der Waals surface area contributed by atoms with Crippen LogP contribution in [0.3, 0.4) is 0 Å². The number of hydrogen-bond donors (Lipinski definition) is 0. The molecule has 0 radical (unpaired) electrons. The van der Waals surface area contributed by atoms with Crippen LogP contribution in [0.15, 0.2) is 23.1 Å². The minimum absolute atomic E-state index is 0.0273. The number of sulfonamides is 1. The highest BCUT2D eigenvalue weighted by molar-refractivity contribution is 7.89. The third-order valence-corrected chi connectivity index (χ3v) is 9.34. The lowest BCUT2D eigenvalue weighted by Crippen LogP contribution is -2.44. The van der Waals surface area contributed by atoms with Crippen LogP contribution in [0.1, 0.15) is 63.9 Å². The number of rotatable bonds is 6. The second kappa shape index (κ2) is 9.14. The molecule has 0 bridgehead atoms. The van der Waals surface area contributed by atoms with Gasteiger partial charge in [0.2, 0.25) is 21.8 Å². The van der Waals surface area contributed by atoms with Crippen LogP contribution in [-0.4, -0.2) is 62.2 Å². The van der Waals surface area contributed by atoms with Gasteiger partial charge >= 0.3 is 0 Å². The molecular formula is C24H35N3O4S. The Labute approximate surface area is 191 Å². The largest absolute Gasteiger partial charge is 0.342 e. The number of carbonyl (C=O) groups is 2. The molecule has 8 heteroatoms. The van der Waals surface area contributed by atoms with Crippen molar-refractivity contribution in [1.29, 1.82) is 0 Å². The smallest absolute Gasteiger partial charge is 0.243 e. The van der Waals surface area contributed by atoms with Crippen LogP contribution in [0.5, 0.6) is 0 Å². The molecule has 3 aliphatic rings. The first-order valence-electron chi connectivity index (χ1n) is 11.9. The summed E-state index contributed by atoms with van der Waals surface area (Å²) < 4.78 is 27.5. The Balaban J connectivity index is 1.47. The van der Waals surface area contributed by atoms with Crippen molar-refractivity contribution in [3.63, 3.8) is 0 Å². The lowest BCUT2D eigenvalue weighted by atomic mass is 9.84. The quantitative estimate of drug-likeness (QED) is 0.652. The Morgan fingerprint density at radius 3 is 2.34 bits per heavy atom. The lowest BCUT2D eigenvalue weighted by Gasteiger charge is -2.32. The Morgan fingerprint density at radius 2 is 1.72 bits per heavy atom. The van der Waals surface area contributed by atoms with Crippen molar-refractivity contribution in [2.45, 2.75) is 81.7 Å². The van der Waals surface area contributed by atoms with Crippen molar-refractivity contribution in [1.82, 2.24) is 9.21 Å². The second-order valence-corrected chi connectivity index (χ2v) is 11.8. The van der Waals surface area contributed by atoms with Crippen LogP contribution in [0, 0.1) is 5.92 Å². The van der Waals surface area contributed by atoms with Crippen LogP contribution in [-0.2, 0) is 26.0 Å². The molecule has 0 aromatic heterocycles. The molecule has 1 aromatic carbocycles. The Hall–Kier alpha value is -1.93. The van der Waals surface area contributed by atoms with Crippen molar-refractivity contribution in [3.05, 3.63) is 23.8 Å². The third kappa shape index (κ3) is 4.31. The van der Waals surface area contributed by atoms with E-state index in [0.717, 1.165) is 60.5 Å². The molecular weight excluding hydrogens is 426 g/mol. The highest BCUT2D eigenvalue weighted by Gasteiger charge is 2.38. The second-order valence-electron chi connectivity index (χ2n) is 9.74. The summed E-state index contributed by atoms with van der Waals surface area (Å²) in [6, 6.07) is 5.24. The molecule has 1 atom stereocenters. The van der Waals surface area contributed by atoms with Gasteiger partial charge in [0, 0.05) is 37.8 Å². The summed E-state index contributed by atoms with van der Waals surface area (Å²) in [6.07, 6.45) is 9.03. The number of anilines is 1. The molecule has 32 heavy (non-hydrogen) atoms. The number of likely N-dealkylation sites (N-methyl/N-ethyl adjacent to an activating group) is 2. The van der Waals surface area contributed by atoms with E-state index in [-0.39, 0.29) is 41.3 Å². The number of nitrogens with zero attached hydrogens (tertiary/aromatic N) is 3. The fourth-order valence-corrected chi connectivity index (χ4v) is 6.37. The first kappa shape index (κ1) is 23.2. The fraction of sp³-hybridized carbons (Fsp3) is 0.667. The molecule has 1 heterocycles. The van der Waals surface area contributed by atoms with Gasteiger partial charge in [-0.1, -0.05) is 25.7 Å². The van der Waals surface area contributed by atoms with Gasteiger partial charge in [-0.15, -0.1) is 0 Å². The summed E-state index contributed by atoms with van der Waals surface area (Å²) >= 11 is 0. The normalized spacial score (nSPS) is 22.0. The molecule has 0 saturated heterocycles. The number of amides is 2. The molecule has 2 fully saturated rings. The van der Waals surface area contributed by atoms with E-state index in [1.165, 1.54) is 13.5 Å². The fourth-order valence-electron chi connectivity index (χ4n) is 5.19. The van der Waals surface area contributed by atoms with Crippen molar-refractivity contribution in [2.75, 3.05) is 25.5 Å². The van der Waals surface area contributed by atoms with Crippen LogP contribution in [0.2, 0.25) is 0 Å². The van der Waals surface area contributed by atoms with Crippen molar-refractivity contribution < 1.29 is 18.0 Å². The first-order valence-corrected chi connectivity index (χ1v) is 13.3. The SMILES string of the molecule is CC1Cc2cc(S(=O)(=O)N(C)CC(=O)N(C)C3CCCCC3)ccc2N1C(=O)C1CCC1. The minimum atomic E-state index is -3.80. The minimum Gasteiger partial charge on any atom is -0.342 e. The Kier molecular flexibility index (Phi) is 6.63. The maximum Gasteiger partial charge on any atom is 0.243 e. The summed E-state index contributed by atoms with van der Waals surface area (Å²) in [5.41, 5.74) is 1.70. The molecule has 2 saturated carbocycles. The van der Waals surface area contributed by atoms with Gasteiger partial charge in [-0.3, -0.25) is 9.59 Å². The molecule has 7 nitrogen and oxygen atoms in total. The molecule has 4 rings (SSSR count). The van der Waals surface area contributed by atoms with E-state index in [2.05, 4.69) is 0 Å². The summed E-state index contributed by atoms with van der Waals surface area (Å²) in [4.78, 5) is 29.4. The van der Waals surface area contributed by atoms with E-state index in [9.17, 15) is 18.0 Å². The maximum absolute atomic E-state index is 13.2. The Bertz CT molecular complexity index is 983. The molecule has 2 aliphatic carbocycles. The van der Waals surface area contributed by atoms with Gasteiger partial charge in [0.25, 0.3) is 0 Å². The predicted molar refractivity (Wildman–Crippen MR) is 124 cm³/mol. The van der Waals surface area contributed by atoms with Crippen LogP contribution in [0.25, 0.3) is 0 Å². The first-order chi connectivity index (χ1) is 15.2. The third-order valence-electron chi connectivity index (χ3n) is 7.54. The van der Waals surface area contributed by atoms with E-state index in [0.29, 0.717) is 6.42 Å². The Morgan fingerprint density at radius 1 is 1.03 bits per heavy atom. The summed E-state index contributed by atoms with van der Waals surface area (Å²) in [7, 11) is -0.559. The van der Waals surface area contributed by atoms with Gasteiger partial charge in [-0.25, -0.2) is 8.42 Å². The van der Waals surface area contributed by atoms with Crippen LogP contribution >= 0.6 is 0 Å². The number of carbonyl (C=O) groups excluding carboxylic acids is 2. The van der Waals surface area contributed by atoms with Crippen LogP contribution < -0.4 is 4.90 Å². The van der Waals surface area contributed by atoms with Gasteiger partial charge in [-0.2, -0.15) is 4.31 Å². The maximum atomic E-state index is 13.2. The summed E-state index contributed by atoms with van der Waals surface area (Å²) in [5, 5.41) is 0. The van der Waals surface area contributed by atoms with E-state index in [1.807, 2.05) is 11.8 Å². The van der Waals surface area contributed by atoms with Gasteiger partial charge in [0.15, 0.2) is 0 Å². The molecule has 1 aliphatic heterocycles. The zero-order chi connectivity index (χ0) is 23.0. The molecule has 0 N–H and O–H groups in total. The summed E-state index contributed by atoms with van der Waals surface area (Å²) in [5.74, 6) is 0.0895. The van der Waals surface area contributed by atoms with Gasteiger partial charge in [0.1, 0.15) is 0 Å². The standard InChI is InChI=1S/C24H35N3O4S/c1-17-14-19-15-21(12-13-22(19)27(17)24(29)18-8-7-9-18)32(30,31)25(2)16-23(28)26(3)20-10-5-4-6-11-20/h12-13,15,17-18,20H,4-11,14,16H2,1-3H3. The molecule has 1 unspecified atom stereocenters. The van der Waals surface area contributed by atoms with Gasteiger partial charge < -0.3 is 9.80 Å². The summed E-state index contributed by atoms with van der Waals surface area (Å²) in [6.45, 7) is 1.84. The van der Waals surface area contributed by atoms with Crippen molar-refractivity contribution >= 4 is 27.5 Å². The lowest BCUT2D eigenvalue weighted by molar-refractivity contribution is -0.132. The van der Waals surface area contributed by atoms with E-state index in [1.54, 1.807) is 30.1 Å².